The Kier molecular flexibility index (Phi) is 9.70. The fourth-order valence-electron chi connectivity index (χ4n) is 6.86. The molecule has 2 N–H and O–H groups in total. The third-order valence-corrected chi connectivity index (χ3v) is 10.0. The summed E-state index contributed by atoms with van der Waals surface area (Å²) in [6.45, 7) is 10.9. The Labute approximate surface area is 307 Å². The SMILES string of the molecule is C=C(OCC)c1nccc(COc2ccc(C(C)(C)c3ccc(OC4CC(Nc5ccc6c(c5)C(=O)N(C5CCC(=O)NC5=O)C6=O)C4)cc3)cc2)n1. The number of benzene rings is 3. The fourth-order valence-corrected chi connectivity index (χ4v) is 6.86. The van der Waals surface area contributed by atoms with Crippen molar-refractivity contribution in [1.82, 2.24) is 20.2 Å². The van der Waals surface area contributed by atoms with Crippen molar-refractivity contribution < 1.29 is 33.4 Å². The average Bonchev–Trinajstić information content (AvgIpc) is 3.38. The van der Waals surface area contributed by atoms with Crippen molar-refractivity contribution in [2.24, 2.45) is 0 Å². The van der Waals surface area contributed by atoms with Gasteiger partial charge in [0.15, 0.2) is 11.6 Å². The number of anilines is 1. The van der Waals surface area contributed by atoms with Crippen molar-refractivity contribution in [3.05, 3.63) is 119 Å². The summed E-state index contributed by atoms with van der Waals surface area (Å²) in [5, 5.41) is 5.66. The number of carbonyl (C=O) groups is 4. The highest BCUT2D eigenvalue weighted by Gasteiger charge is 2.45. The molecule has 3 aliphatic rings. The van der Waals surface area contributed by atoms with Crippen molar-refractivity contribution in [2.75, 3.05) is 11.9 Å². The van der Waals surface area contributed by atoms with E-state index in [2.05, 4.69) is 65.3 Å². The Hall–Kier alpha value is -6.04. The van der Waals surface area contributed by atoms with E-state index in [1.54, 1.807) is 30.5 Å². The number of rotatable bonds is 13. The first-order valence-electron chi connectivity index (χ1n) is 17.8. The number of hydrogen-bond donors (Lipinski definition) is 2. The van der Waals surface area contributed by atoms with E-state index in [4.69, 9.17) is 14.2 Å². The molecular weight excluding hydrogens is 674 g/mol. The zero-order valence-electron chi connectivity index (χ0n) is 29.9. The predicted octanol–water partition coefficient (Wildman–Crippen LogP) is 5.81. The zero-order valence-corrected chi connectivity index (χ0v) is 29.9. The number of carbonyl (C=O) groups excluding carboxylic acids is 4. The molecule has 12 nitrogen and oxygen atoms in total. The number of nitrogens with zero attached hydrogens (tertiary/aromatic N) is 3. The minimum atomic E-state index is -0.988. The van der Waals surface area contributed by atoms with E-state index in [1.165, 1.54) is 0 Å². The molecule has 1 saturated carbocycles. The summed E-state index contributed by atoms with van der Waals surface area (Å²) in [5.41, 5.74) is 3.99. The van der Waals surface area contributed by atoms with E-state index in [1.807, 2.05) is 31.2 Å². The van der Waals surface area contributed by atoms with Gasteiger partial charge < -0.3 is 19.5 Å². The van der Waals surface area contributed by atoms with Gasteiger partial charge in [-0.2, -0.15) is 0 Å². The third-order valence-electron chi connectivity index (χ3n) is 10.0. The molecule has 1 aliphatic carbocycles. The quantitative estimate of drug-likeness (QED) is 0.128. The van der Waals surface area contributed by atoms with Gasteiger partial charge in [0, 0.05) is 42.6 Å². The first-order chi connectivity index (χ1) is 25.5. The lowest BCUT2D eigenvalue weighted by Crippen LogP contribution is -2.54. The first kappa shape index (κ1) is 35.4. The maximum absolute atomic E-state index is 13.2. The summed E-state index contributed by atoms with van der Waals surface area (Å²) in [4.78, 5) is 59.8. The molecule has 4 amide bonds. The maximum Gasteiger partial charge on any atom is 0.262 e. The van der Waals surface area contributed by atoms with Crippen LogP contribution in [0.1, 0.15) is 89.8 Å². The molecule has 0 spiro atoms. The highest BCUT2D eigenvalue weighted by molar-refractivity contribution is 6.23. The Morgan fingerprint density at radius 3 is 2.28 bits per heavy atom. The number of aromatic nitrogens is 2. The minimum Gasteiger partial charge on any atom is -0.491 e. The number of amides is 4. The summed E-state index contributed by atoms with van der Waals surface area (Å²) in [5.74, 6) is 0.349. The van der Waals surface area contributed by atoms with Crippen LogP contribution >= 0.6 is 0 Å². The second kappa shape index (κ2) is 14.5. The van der Waals surface area contributed by atoms with Crippen LogP contribution in [0, 0.1) is 0 Å². The van der Waals surface area contributed by atoms with Gasteiger partial charge in [0.1, 0.15) is 30.3 Å². The molecular formula is C41H41N5O7. The topological polar surface area (TPSA) is 149 Å². The lowest BCUT2D eigenvalue weighted by molar-refractivity contribution is -0.136. The molecule has 2 fully saturated rings. The molecule has 1 unspecified atom stereocenters. The minimum absolute atomic E-state index is 0.0389. The largest absolute Gasteiger partial charge is 0.491 e. The van der Waals surface area contributed by atoms with Gasteiger partial charge in [-0.1, -0.05) is 44.7 Å². The van der Waals surface area contributed by atoms with Gasteiger partial charge in [-0.15, -0.1) is 0 Å². The van der Waals surface area contributed by atoms with E-state index in [0.717, 1.165) is 46.1 Å². The normalized spacial score (nSPS) is 19.6. The Bertz CT molecular complexity index is 2070. The lowest BCUT2D eigenvalue weighted by Gasteiger charge is -2.36. The van der Waals surface area contributed by atoms with Crippen molar-refractivity contribution in [2.45, 2.75) is 76.7 Å². The molecule has 0 radical (unpaired) electrons. The van der Waals surface area contributed by atoms with E-state index >= 15 is 0 Å². The average molecular weight is 716 g/mol. The summed E-state index contributed by atoms with van der Waals surface area (Å²) < 4.78 is 17.7. The summed E-state index contributed by atoms with van der Waals surface area (Å²) in [6, 6.07) is 22.3. The van der Waals surface area contributed by atoms with Gasteiger partial charge >= 0.3 is 0 Å². The summed E-state index contributed by atoms with van der Waals surface area (Å²) in [6.07, 6.45) is 3.46. The molecule has 0 bridgehead atoms. The van der Waals surface area contributed by atoms with Gasteiger partial charge in [0.2, 0.25) is 11.8 Å². The van der Waals surface area contributed by atoms with Crippen molar-refractivity contribution in [1.29, 1.82) is 0 Å². The number of imide groups is 2. The number of hydrogen-bond acceptors (Lipinski definition) is 10. The summed E-state index contributed by atoms with van der Waals surface area (Å²) >= 11 is 0. The van der Waals surface area contributed by atoms with Gasteiger partial charge in [-0.05, 0) is 73.0 Å². The van der Waals surface area contributed by atoms with E-state index in [-0.39, 0.29) is 41.5 Å². The van der Waals surface area contributed by atoms with Crippen LogP contribution in [-0.2, 0) is 26.3 Å². The molecule has 3 heterocycles. The molecule has 4 aromatic rings. The smallest absolute Gasteiger partial charge is 0.262 e. The van der Waals surface area contributed by atoms with E-state index in [9.17, 15) is 19.2 Å². The summed E-state index contributed by atoms with van der Waals surface area (Å²) in [7, 11) is 0. The van der Waals surface area contributed by atoms with Crippen molar-refractivity contribution in [3.8, 4) is 11.5 Å². The van der Waals surface area contributed by atoms with Crippen LogP contribution in [0.2, 0.25) is 0 Å². The van der Waals surface area contributed by atoms with Crippen LogP contribution < -0.4 is 20.1 Å². The Morgan fingerprint density at radius 1 is 0.925 bits per heavy atom. The third kappa shape index (κ3) is 7.35. The van der Waals surface area contributed by atoms with Crippen LogP contribution in [0.4, 0.5) is 5.69 Å². The van der Waals surface area contributed by atoms with Crippen LogP contribution in [0.3, 0.4) is 0 Å². The van der Waals surface area contributed by atoms with Crippen LogP contribution in [0.25, 0.3) is 5.76 Å². The standard InChI is InChI=1S/C41H41N5O7/c1-5-51-24(2)37-42-19-18-28(44-37)23-52-30-11-6-25(7-12-30)41(3,4)26-8-13-31(14-9-26)53-32-20-29(21-32)43-27-10-15-33-34(22-27)40(50)46(39(33)49)35-16-17-36(47)45-38(35)48/h6-15,18-19,22,29,32,35,43H,2,5,16-17,20-21,23H2,1,3-4H3,(H,45,47,48). The molecule has 1 aromatic heterocycles. The highest BCUT2D eigenvalue weighted by Crippen LogP contribution is 2.36. The van der Waals surface area contributed by atoms with Gasteiger partial charge in [-0.3, -0.25) is 29.4 Å². The maximum atomic E-state index is 13.2. The second-order valence-corrected chi connectivity index (χ2v) is 14.0. The number of piperidine rings is 1. The van der Waals surface area contributed by atoms with Crippen molar-refractivity contribution >= 4 is 35.1 Å². The highest BCUT2D eigenvalue weighted by atomic mass is 16.5. The molecule has 53 heavy (non-hydrogen) atoms. The van der Waals surface area contributed by atoms with Gasteiger partial charge in [-0.25, -0.2) is 9.97 Å². The first-order valence-corrected chi connectivity index (χ1v) is 17.8. The van der Waals surface area contributed by atoms with Gasteiger partial charge in [0.25, 0.3) is 11.8 Å². The monoisotopic (exact) mass is 715 g/mol. The number of ether oxygens (including phenoxy) is 3. The fraction of sp³-hybridized carbons (Fsp3) is 0.317. The van der Waals surface area contributed by atoms with Crippen LogP contribution in [0.15, 0.2) is 85.6 Å². The van der Waals surface area contributed by atoms with E-state index < -0.39 is 29.7 Å². The molecule has 7 rings (SSSR count). The van der Waals surface area contributed by atoms with Crippen LogP contribution in [0.5, 0.6) is 11.5 Å². The predicted molar refractivity (Wildman–Crippen MR) is 196 cm³/mol. The van der Waals surface area contributed by atoms with Crippen molar-refractivity contribution in [3.63, 3.8) is 0 Å². The van der Waals surface area contributed by atoms with Gasteiger partial charge in [0.05, 0.1) is 23.4 Å². The van der Waals surface area contributed by atoms with E-state index in [0.29, 0.717) is 30.5 Å². The zero-order chi connectivity index (χ0) is 37.3. The second-order valence-electron chi connectivity index (χ2n) is 14.0. The number of fused-ring (bicyclic) bond motifs is 1. The Balaban J connectivity index is 0.893. The molecule has 1 atom stereocenters. The molecule has 1 saturated heterocycles. The molecule has 12 heteroatoms. The van der Waals surface area contributed by atoms with Crippen LogP contribution in [-0.4, -0.2) is 63.3 Å². The molecule has 3 aromatic carbocycles. The Morgan fingerprint density at radius 2 is 1.60 bits per heavy atom. The number of nitrogens with one attached hydrogen (secondary N) is 2. The molecule has 272 valence electrons. The molecule has 2 aliphatic heterocycles. The lowest BCUT2D eigenvalue weighted by atomic mass is 9.78.